The number of carbonyl (C=O) groups excluding carboxylic acids is 1. The van der Waals surface area contributed by atoms with Crippen LogP contribution >= 0.6 is 11.8 Å². The fourth-order valence-electron chi connectivity index (χ4n) is 4.71. The van der Waals surface area contributed by atoms with Gasteiger partial charge in [0.2, 0.25) is 5.91 Å². The van der Waals surface area contributed by atoms with E-state index in [1.807, 2.05) is 25.3 Å². The van der Waals surface area contributed by atoms with Crippen molar-refractivity contribution in [2.24, 2.45) is 11.8 Å². The number of hydrogen-bond acceptors (Lipinski definition) is 4. The molecular formula is C23H28N2O3S2. The predicted octanol–water partition coefficient (Wildman–Crippen LogP) is 4.22. The molecule has 7 heteroatoms. The third-order valence-corrected chi connectivity index (χ3v) is 8.87. The molecule has 0 saturated heterocycles. The second kappa shape index (κ2) is 8.63. The standard InChI is InChI=1S/C23H28N2O3S2/c1-16-3-7-19(8-4-16)25(30(27,28)21-11-9-20(29-2)10-12-21)15-23(26)24-22-14-17-5-6-18(22)13-17/h3-4,7-12,17-18,22H,5-6,13-15H2,1-2H3,(H,24,26)/t17-,18-,22-/m0/s1. The molecule has 0 aromatic heterocycles. The van der Waals surface area contributed by atoms with Gasteiger partial charge in [-0.3, -0.25) is 9.10 Å². The van der Waals surface area contributed by atoms with Crippen LogP contribution in [-0.4, -0.2) is 33.2 Å². The van der Waals surface area contributed by atoms with Crippen LogP contribution in [0.3, 0.4) is 0 Å². The smallest absolute Gasteiger partial charge is 0.264 e. The number of anilines is 1. The van der Waals surface area contributed by atoms with Gasteiger partial charge in [0, 0.05) is 10.9 Å². The topological polar surface area (TPSA) is 66.5 Å². The molecule has 5 nitrogen and oxygen atoms in total. The fourth-order valence-corrected chi connectivity index (χ4v) is 6.53. The van der Waals surface area contributed by atoms with Crippen molar-refractivity contribution < 1.29 is 13.2 Å². The van der Waals surface area contributed by atoms with Crippen molar-refractivity contribution >= 4 is 33.4 Å². The molecule has 0 spiro atoms. The van der Waals surface area contributed by atoms with Crippen LogP contribution < -0.4 is 9.62 Å². The van der Waals surface area contributed by atoms with Gasteiger partial charge >= 0.3 is 0 Å². The van der Waals surface area contributed by atoms with Gasteiger partial charge in [0.15, 0.2) is 0 Å². The Morgan fingerprint density at radius 1 is 1.07 bits per heavy atom. The Bertz CT molecular complexity index is 1000. The molecule has 0 unspecified atom stereocenters. The maximum Gasteiger partial charge on any atom is 0.264 e. The molecule has 2 aromatic rings. The van der Waals surface area contributed by atoms with Crippen LogP contribution in [0.1, 0.15) is 31.2 Å². The predicted molar refractivity (Wildman–Crippen MR) is 121 cm³/mol. The quantitative estimate of drug-likeness (QED) is 0.650. The summed E-state index contributed by atoms with van der Waals surface area (Å²) in [6.45, 7) is 1.73. The molecule has 30 heavy (non-hydrogen) atoms. The molecule has 0 radical (unpaired) electrons. The lowest BCUT2D eigenvalue weighted by Gasteiger charge is -2.27. The number of thioether (sulfide) groups is 1. The molecule has 2 fully saturated rings. The summed E-state index contributed by atoms with van der Waals surface area (Å²) in [5.41, 5.74) is 1.53. The fraction of sp³-hybridized carbons (Fsp3) is 0.435. The summed E-state index contributed by atoms with van der Waals surface area (Å²) in [5.74, 6) is 1.02. The summed E-state index contributed by atoms with van der Waals surface area (Å²) in [7, 11) is -3.87. The lowest BCUT2D eigenvalue weighted by Crippen LogP contribution is -2.46. The van der Waals surface area contributed by atoms with Gasteiger partial charge in [0.25, 0.3) is 10.0 Å². The summed E-state index contributed by atoms with van der Waals surface area (Å²) >= 11 is 1.56. The zero-order chi connectivity index (χ0) is 21.3. The van der Waals surface area contributed by atoms with E-state index in [4.69, 9.17) is 0 Å². The Balaban J connectivity index is 1.58. The van der Waals surface area contributed by atoms with Gasteiger partial charge in [0.05, 0.1) is 10.6 Å². The highest BCUT2D eigenvalue weighted by Gasteiger charge is 2.40. The van der Waals surface area contributed by atoms with Crippen molar-refractivity contribution in [3.8, 4) is 0 Å². The van der Waals surface area contributed by atoms with Crippen LogP contribution in [0.15, 0.2) is 58.3 Å². The normalized spacial score (nSPS) is 22.8. The highest BCUT2D eigenvalue weighted by molar-refractivity contribution is 7.98. The maximum atomic E-state index is 13.5. The summed E-state index contributed by atoms with van der Waals surface area (Å²) in [6, 6.07) is 14.2. The van der Waals surface area contributed by atoms with Crippen molar-refractivity contribution in [3.63, 3.8) is 0 Å². The number of fused-ring (bicyclic) bond motifs is 2. The Morgan fingerprint density at radius 3 is 2.33 bits per heavy atom. The molecule has 2 aliphatic rings. The van der Waals surface area contributed by atoms with E-state index >= 15 is 0 Å². The van der Waals surface area contributed by atoms with Crippen LogP contribution in [0.25, 0.3) is 0 Å². The molecule has 3 atom stereocenters. The van der Waals surface area contributed by atoms with Gasteiger partial charge in [0.1, 0.15) is 6.54 Å². The Morgan fingerprint density at radius 2 is 1.77 bits per heavy atom. The summed E-state index contributed by atoms with van der Waals surface area (Å²) < 4.78 is 28.1. The molecule has 1 N–H and O–H groups in total. The third kappa shape index (κ3) is 4.37. The lowest BCUT2D eigenvalue weighted by molar-refractivity contribution is -0.120. The van der Waals surface area contributed by atoms with Gasteiger partial charge in [-0.2, -0.15) is 0 Å². The average molecular weight is 445 g/mol. The summed E-state index contributed by atoms with van der Waals surface area (Å²) in [4.78, 5) is 14.1. The summed E-state index contributed by atoms with van der Waals surface area (Å²) in [5, 5.41) is 3.12. The second-order valence-corrected chi connectivity index (χ2v) is 11.1. The number of nitrogens with zero attached hydrogens (tertiary/aromatic N) is 1. The number of aryl methyl sites for hydroxylation is 1. The molecule has 2 aromatic carbocycles. The van der Waals surface area contributed by atoms with Crippen molar-refractivity contribution in [3.05, 3.63) is 54.1 Å². The van der Waals surface area contributed by atoms with Crippen LogP contribution in [0, 0.1) is 18.8 Å². The van der Waals surface area contributed by atoms with Crippen LogP contribution in [0.4, 0.5) is 5.69 Å². The average Bonchev–Trinajstić information content (AvgIpc) is 3.36. The van der Waals surface area contributed by atoms with Crippen LogP contribution in [-0.2, 0) is 14.8 Å². The number of rotatable bonds is 7. The first-order valence-electron chi connectivity index (χ1n) is 10.4. The first-order valence-corrected chi connectivity index (χ1v) is 13.1. The van der Waals surface area contributed by atoms with Gasteiger partial charge < -0.3 is 5.32 Å². The Hall–Kier alpha value is -1.99. The second-order valence-electron chi connectivity index (χ2n) is 8.37. The molecule has 2 aliphatic carbocycles. The molecular weight excluding hydrogens is 416 g/mol. The Labute approximate surface area is 183 Å². The number of sulfonamides is 1. The molecule has 1 amide bonds. The van der Waals surface area contributed by atoms with E-state index in [0.29, 0.717) is 17.5 Å². The number of hydrogen-bond donors (Lipinski definition) is 1. The first kappa shape index (κ1) is 21.2. The molecule has 0 heterocycles. The van der Waals surface area contributed by atoms with Crippen LogP contribution in [0.2, 0.25) is 0 Å². The van der Waals surface area contributed by atoms with E-state index in [1.165, 1.54) is 17.1 Å². The highest BCUT2D eigenvalue weighted by atomic mass is 32.2. The van der Waals surface area contributed by atoms with Crippen LogP contribution in [0.5, 0.6) is 0 Å². The lowest BCUT2D eigenvalue weighted by atomic mass is 9.95. The van der Waals surface area contributed by atoms with Crippen molar-refractivity contribution in [1.82, 2.24) is 5.32 Å². The van der Waals surface area contributed by atoms with Gasteiger partial charge in [-0.1, -0.05) is 24.1 Å². The van der Waals surface area contributed by atoms with Crippen molar-refractivity contribution in [2.75, 3.05) is 17.1 Å². The summed E-state index contributed by atoms with van der Waals surface area (Å²) in [6.07, 6.45) is 6.57. The number of amides is 1. The van der Waals surface area contributed by atoms with E-state index in [-0.39, 0.29) is 23.4 Å². The van der Waals surface area contributed by atoms with E-state index in [0.717, 1.165) is 23.3 Å². The third-order valence-electron chi connectivity index (χ3n) is 6.34. The van der Waals surface area contributed by atoms with E-state index in [9.17, 15) is 13.2 Å². The first-order chi connectivity index (χ1) is 14.4. The number of carbonyl (C=O) groups is 1. The minimum Gasteiger partial charge on any atom is -0.352 e. The van der Waals surface area contributed by atoms with Crippen molar-refractivity contribution in [1.29, 1.82) is 0 Å². The zero-order valence-electron chi connectivity index (χ0n) is 17.4. The molecule has 4 rings (SSSR count). The van der Waals surface area contributed by atoms with Crippen molar-refractivity contribution in [2.45, 2.75) is 48.4 Å². The van der Waals surface area contributed by atoms with E-state index < -0.39 is 10.0 Å². The highest BCUT2D eigenvalue weighted by Crippen LogP contribution is 2.44. The largest absolute Gasteiger partial charge is 0.352 e. The number of nitrogens with one attached hydrogen (secondary N) is 1. The van der Waals surface area contributed by atoms with Gasteiger partial charge in [-0.05, 0) is 80.7 Å². The molecule has 2 saturated carbocycles. The monoisotopic (exact) mass is 444 g/mol. The van der Waals surface area contributed by atoms with E-state index in [1.54, 1.807) is 48.2 Å². The molecule has 160 valence electrons. The zero-order valence-corrected chi connectivity index (χ0v) is 19.0. The number of benzene rings is 2. The van der Waals surface area contributed by atoms with Gasteiger partial charge in [-0.25, -0.2) is 8.42 Å². The minimum atomic E-state index is -3.87. The van der Waals surface area contributed by atoms with E-state index in [2.05, 4.69) is 5.32 Å². The minimum absolute atomic E-state index is 0.180. The molecule has 2 bridgehead atoms. The Kier molecular flexibility index (Phi) is 6.11. The SMILES string of the molecule is CSc1ccc(S(=O)(=O)N(CC(=O)N[C@H]2C[C@H]3CC[C@H]2C3)c2ccc(C)cc2)cc1. The van der Waals surface area contributed by atoms with Gasteiger partial charge in [-0.15, -0.1) is 11.8 Å². The molecule has 0 aliphatic heterocycles. The maximum absolute atomic E-state index is 13.5.